The highest BCUT2D eigenvalue weighted by atomic mass is 79.9. The Bertz CT molecular complexity index is 667. The molecule has 2 heterocycles. The smallest absolute Gasteiger partial charge is 0.408 e. The minimum absolute atomic E-state index is 0.222. The van der Waals surface area contributed by atoms with Crippen LogP contribution in [0.5, 0.6) is 0 Å². The lowest BCUT2D eigenvalue weighted by atomic mass is 10.2. The van der Waals surface area contributed by atoms with Crippen LogP contribution in [0.1, 0.15) is 38.7 Å². The van der Waals surface area contributed by atoms with E-state index < -0.39 is 11.7 Å². The molecule has 118 valence electrons. The van der Waals surface area contributed by atoms with Crippen molar-refractivity contribution >= 4 is 33.4 Å². The van der Waals surface area contributed by atoms with Gasteiger partial charge in [-0.1, -0.05) is 6.07 Å². The van der Waals surface area contributed by atoms with E-state index in [-0.39, 0.29) is 6.04 Å². The molecule has 1 unspecified atom stereocenters. The summed E-state index contributed by atoms with van der Waals surface area (Å²) in [5.41, 5.74) is 0.334. The van der Waals surface area contributed by atoms with Gasteiger partial charge in [0.25, 0.3) is 0 Å². The van der Waals surface area contributed by atoms with Crippen molar-refractivity contribution in [2.45, 2.75) is 39.3 Å². The molecule has 22 heavy (non-hydrogen) atoms. The highest BCUT2D eigenvalue weighted by molar-refractivity contribution is 9.10. The minimum atomic E-state index is -0.516. The minimum Gasteiger partial charge on any atom is -0.444 e. The number of rotatable bonds is 3. The molecule has 0 bridgehead atoms. The number of amides is 1. The fourth-order valence-electron chi connectivity index (χ4n) is 1.70. The summed E-state index contributed by atoms with van der Waals surface area (Å²) in [4.78, 5) is 21.5. The molecule has 0 fully saturated rings. The predicted molar refractivity (Wildman–Crippen MR) is 90.8 cm³/mol. The van der Waals surface area contributed by atoms with Crippen molar-refractivity contribution in [2.24, 2.45) is 0 Å². The fourth-order valence-corrected chi connectivity index (χ4v) is 2.93. The van der Waals surface area contributed by atoms with Gasteiger partial charge in [-0.3, -0.25) is 0 Å². The van der Waals surface area contributed by atoms with Crippen molar-refractivity contribution in [3.05, 3.63) is 34.0 Å². The number of nitrogens with zero attached hydrogens (tertiary/aromatic N) is 2. The standard InChI is InChI=1S/C15H18BrN3O2S/c1-9(18-14(20)21-15(2,3)4)13-17-8-11(22-13)10-6-5-7-12(16)19-10/h5-9H,1-4H3,(H,18,20). The van der Waals surface area contributed by atoms with E-state index >= 15 is 0 Å². The number of nitrogens with one attached hydrogen (secondary N) is 1. The zero-order valence-corrected chi connectivity index (χ0v) is 15.3. The molecular weight excluding hydrogens is 366 g/mol. The Morgan fingerprint density at radius 3 is 2.77 bits per heavy atom. The van der Waals surface area contributed by atoms with Crippen molar-refractivity contribution in [1.82, 2.24) is 15.3 Å². The molecule has 0 spiro atoms. The van der Waals surface area contributed by atoms with Gasteiger partial charge >= 0.3 is 6.09 Å². The van der Waals surface area contributed by atoms with Crippen LogP contribution < -0.4 is 5.32 Å². The van der Waals surface area contributed by atoms with Gasteiger partial charge in [-0.15, -0.1) is 11.3 Å². The summed E-state index contributed by atoms with van der Waals surface area (Å²) in [7, 11) is 0. The molecule has 0 saturated carbocycles. The Hall–Kier alpha value is -1.47. The Balaban J connectivity index is 2.06. The Labute approximate surface area is 142 Å². The second-order valence-electron chi connectivity index (χ2n) is 5.78. The Kier molecular flexibility index (Phi) is 5.18. The number of carbonyl (C=O) groups excluding carboxylic acids is 1. The molecule has 0 saturated heterocycles. The highest BCUT2D eigenvalue weighted by Crippen LogP contribution is 2.28. The van der Waals surface area contributed by atoms with Crippen LogP contribution in [0.25, 0.3) is 10.6 Å². The van der Waals surface area contributed by atoms with E-state index in [0.29, 0.717) is 0 Å². The zero-order valence-electron chi connectivity index (χ0n) is 12.9. The Morgan fingerprint density at radius 2 is 2.14 bits per heavy atom. The number of alkyl carbamates (subject to hydrolysis) is 1. The molecule has 2 aromatic heterocycles. The van der Waals surface area contributed by atoms with E-state index in [0.717, 1.165) is 20.2 Å². The normalized spacial score (nSPS) is 12.8. The van der Waals surface area contributed by atoms with E-state index in [1.165, 1.54) is 11.3 Å². The first-order chi connectivity index (χ1) is 10.2. The molecule has 0 aliphatic carbocycles. The average molecular weight is 384 g/mol. The lowest BCUT2D eigenvalue weighted by Gasteiger charge is -2.21. The van der Waals surface area contributed by atoms with Crippen LogP contribution in [0, 0.1) is 0 Å². The lowest BCUT2D eigenvalue weighted by Crippen LogP contribution is -2.33. The fraction of sp³-hybridized carbons (Fsp3) is 0.400. The number of hydrogen-bond donors (Lipinski definition) is 1. The van der Waals surface area contributed by atoms with Crippen LogP contribution in [0.2, 0.25) is 0 Å². The van der Waals surface area contributed by atoms with Crippen LogP contribution in [-0.2, 0) is 4.74 Å². The van der Waals surface area contributed by atoms with Gasteiger partial charge < -0.3 is 10.1 Å². The molecule has 7 heteroatoms. The van der Waals surface area contributed by atoms with Crippen LogP contribution >= 0.6 is 27.3 Å². The first kappa shape index (κ1) is 16.9. The van der Waals surface area contributed by atoms with Crippen molar-refractivity contribution < 1.29 is 9.53 Å². The molecule has 1 atom stereocenters. The van der Waals surface area contributed by atoms with E-state index in [1.807, 2.05) is 45.9 Å². The quantitative estimate of drug-likeness (QED) is 0.789. The molecule has 0 aliphatic heterocycles. The number of hydrogen-bond acceptors (Lipinski definition) is 5. The lowest BCUT2D eigenvalue weighted by molar-refractivity contribution is 0.0508. The van der Waals surface area contributed by atoms with E-state index in [9.17, 15) is 4.79 Å². The van der Waals surface area contributed by atoms with Crippen LogP contribution in [0.4, 0.5) is 4.79 Å². The second kappa shape index (κ2) is 6.75. The van der Waals surface area contributed by atoms with Crippen molar-refractivity contribution in [1.29, 1.82) is 0 Å². The van der Waals surface area contributed by atoms with Gasteiger partial charge in [-0.05, 0) is 55.8 Å². The Morgan fingerprint density at radius 1 is 1.41 bits per heavy atom. The monoisotopic (exact) mass is 383 g/mol. The van der Waals surface area contributed by atoms with Gasteiger partial charge in [0.15, 0.2) is 0 Å². The maximum absolute atomic E-state index is 11.8. The molecule has 1 N–H and O–H groups in total. The average Bonchev–Trinajstić information content (AvgIpc) is 2.85. The van der Waals surface area contributed by atoms with Gasteiger partial charge in [-0.2, -0.15) is 0 Å². The summed E-state index contributed by atoms with van der Waals surface area (Å²) < 4.78 is 6.02. The van der Waals surface area contributed by atoms with Crippen LogP contribution in [0.3, 0.4) is 0 Å². The van der Waals surface area contributed by atoms with Crippen LogP contribution in [-0.4, -0.2) is 21.7 Å². The molecule has 5 nitrogen and oxygen atoms in total. The summed E-state index contributed by atoms with van der Waals surface area (Å²) >= 11 is 4.85. The number of pyridine rings is 1. The summed E-state index contributed by atoms with van der Waals surface area (Å²) in [6.07, 6.45) is 1.32. The third-order valence-electron chi connectivity index (χ3n) is 2.59. The summed E-state index contributed by atoms with van der Waals surface area (Å²) in [6, 6.07) is 5.50. The van der Waals surface area contributed by atoms with Gasteiger partial charge in [0.1, 0.15) is 15.2 Å². The summed E-state index contributed by atoms with van der Waals surface area (Å²) in [5.74, 6) is 0. The maximum Gasteiger partial charge on any atom is 0.408 e. The first-order valence-corrected chi connectivity index (χ1v) is 8.44. The third-order valence-corrected chi connectivity index (χ3v) is 4.24. The number of halogens is 1. The second-order valence-corrected chi connectivity index (χ2v) is 7.65. The number of carbonyl (C=O) groups is 1. The zero-order chi connectivity index (χ0) is 16.3. The maximum atomic E-state index is 11.8. The first-order valence-electron chi connectivity index (χ1n) is 6.83. The molecule has 2 aromatic rings. The largest absolute Gasteiger partial charge is 0.444 e. The SMILES string of the molecule is CC(NC(=O)OC(C)(C)C)c1ncc(-c2cccc(Br)n2)s1. The molecule has 0 radical (unpaired) electrons. The summed E-state index contributed by atoms with van der Waals surface area (Å²) in [5, 5.41) is 3.59. The van der Waals surface area contributed by atoms with Gasteiger partial charge in [0.05, 0.1) is 16.6 Å². The van der Waals surface area contributed by atoms with Crippen molar-refractivity contribution in [2.75, 3.05) is 0 Å². The molecule has 2 rings (SSSR count). The van der Waals surface area contributed by atoms with Gasteiger partial charge in [-0.25, -0.2) is 14.8 Å². The van der Waals surface area contributed by atoms with E-state index in [2.05, 4.69) is 31.2 Å². The number of ether oxygens (including phenoxy) is 1. The van der Waals surface area contributed by atoms with Crippen LogP contribution in [0.15, 0.2) is 29.0 Å². The van der Waals surface area contributed by atoms with Crippen molar-refractivity contribution in [3.8, 4) is 10.6 Å². The third kappa shape index (κ3) is 4.78. The molecule has 0 aromatic carbocycles. The topological polar surface area (TPSA) is 64.1 Å². The van der Waals surface area contributed by atoms with Crippen molar-refractivity contribution in [3.63, 3.8) is 0 Å². The molecule has 1 amide bonds. The van der Waals surface area contributed by atoms with E-state index in [1.54, 1.807) is 6.20 Å². The number of thiazole rings is 1. The van der Waals surface area contributed by atoms with Gasteiger partial charge in [0, 0.05) is 6.20 Å². The van der Waals surface area contributed by atoms with E-state index in [4.69, 9.17) is 4.74 Å². The number of aromatic nitrogens is 2. The van der Waals surface area contributed by atoms with Gasteiger partial charge in [0.2, 0.25) is 0 Å². The molecular formula is C15H18BrN3O2S. The highest BCUT2D eigenvalue weighted by Gasteiger charge is 2.20. The molecule has 0 aliphatic rings. The summed E-state index contributed by atoms with van der Waals surface area (Å²) in [6.45, 7) is 7.37. The predicted octanol–water partition coefficient (Wildman–Crippen LogP) is 4.55.